The number of pyridine rings is 1. The van der Waals surface area contributed by atoms with Crippen LogP contribution in [0.2, 0.25) is 0 Å². The molecule has 0 amide bonds. The molecule has 0 radical (unpaired) electrons. The lowest BCUT2D eigenvalue weighted by Crippen LogP contribution is -2.31. The van der Waals surface area contributed by atoms with Gasteiger partial charge < -0.3 is 15.4 Å². The van der Waals surface area contributed by atoms with Crippen LogP contribution in [-0.4, -0.2) is 31.7 Å². The first-order valence-corrected chi connectivity index (χ1v) is 11.6. The molecule has 1 saturated carbocycles. The largest absolute Gasteiger partial charge is 0.371 e. The van der Waals surface area contributed by atoms with Crippen molar-refractivity contribution in [3.05, 3.63) is 82.7 Å². The molecule has 32 heavy (non-hydrogen) atoms. The Morgan fingerprint density at radius 1 is 1.06 bits per heavy atom. The van der Waals surface area contributed by atoms with E-state index in [1.54, 1.807) is 12.4 Å². The second kappa shape index (κ2) is 9.67. The van der Waals surface area contributed by atoms with E-state index in [0.717, 1.165) is 46.6 Å². The van der Waals surface area contributed by atoms with Gasteiger partial charge in [0.2, 0.25) is 0 Å². The van der Waals surface area contributed by atoms with Crippen molar-refractivity contribution in [3.63, 3.8) is 0 Å². The Bertz CT molecular complexity index is 1170. The molecule has 3 aromatic heterocycles. The third-order valence-electron chi connectivity index (χ3n) is 5.72. The second-order valence-corrected chi connectivity index (χ2v) is 8.84. The number of nitrogens with one attached hydrogen (secondary N) is 2. The summed E-state index contributed by atoms with van der Waals surface area (Å²) >= 11 is 3.57. The van der Waals surface area contributed by atoms with Crippen molar-refractivity contribution in [2.75, 3.05) is 10.6 Å². The van der Waals surface area contributed by atoms with Gasteiger partial charge >= 0.3 is 0 Å². The van der Waals surface area contributed by atoms with Gasteiger partial charge in [-0.15, -0.1) is 0 Å². The van der Waals surface area contributed by atoms with Crippen molar-refractivity contribution < 1.29 is 4.74 Å². The van der Waals surface area contributed by atoms with E-state index in [1.165, 1.54) is 5.56 Å². The summed E-state index contributed by atoms with van der Waals surface area (Å²) < 4.78 is 8.93. The highest BCUT2D eigenvalue weighted by molar-refractivity contribution is 9.10. The smallest absolute Gasteiger partial charge is 0.173 e. The molecule has 2 atom stereocenters. The Balaban J connectivity index is 1.32. The van der Waals surface area contributed by atoms with Gasteiger partial charge in [-0.05, 0) is 52.4 Å². The minimum absolute atomic E-state index is 0.161. The van der Waals surface area contributed by atoms with Gasteiger partial charge in [-0.25, -0.2) is 4.98 Å². The number of hydrogen-bond acceptors (Lipinski definition) is 6. The van der Waals surface area contributed by atoms with Crippen molar-refractivity contribution in [1.82, 2.24) is 19.6 Å². The molecular weight excluding hydrogens is 468 g/mol. The molecule has 1 aliphatic carbocycles. The van der Waals surface area contributed by atoms with E-state index >= 15 is 0 Å². The average molecular weight is 493 g/mol. The summed E-state index contributed by atoms with van der Waals surface area (Å²) in [6, 6.07) is 16.5. The minimum atomic E-state index is 0.161. The molecule has 2 N–H and O–H groups in total. The van der Waals surface area contributed by atoms with Crippen molar-refractivity contribution >= 4 is 33.2 Å². The summed E-state index contributed by atoms with van der Waals surface area (Å²) in [6.45, 7) is 1.28. The van der Waals surface area contributed by atoms with E-state index in [0.29, 0.717) is 13.2 Å². The van der Waals surface area contributed by atoms with Gasteiger partial charge in [-0.2, -0.15) is 9.61 Å². The van der Waals surface area contributed by atoms with E-state index in [-0.39, 0.29) is 12.1 Å². The zero-order valence-corrected chi connectivity index (χ0v) is 19.2. The Kier molecular flexibility index (Phi) is 6.31. The molecule has 0 spiro atoms. The predicted octanol–water partition coefficient (Wildman–Crippen LogP) is 5.05. The molecule has 5 rings (SSSR count). The lowest BCUT2D eigenvalue weighted by atomic mass is 10.2. The van der Waals surface area contributed by atoms with E-state index in [1.807, 2.05) is 47.1 Å². The number of fused-ring (bicyclic) bond motifs is 1. The maximum atomic E-state index is 6.27. The molecule has 4 aromatic rings. The predicted molar refractivity (Wildman–Crippen MR) is 129 cm³/mol. The second-order valence-electron chi connectivity index (χ2n) is 7.99. The third kappa shape index (κ3) is 4.76. The summed E-state index contributed by atoms with van der Waals surface area (Å²) in [5.74, 6) is 1.68. The van der Waals surface area contributed by atoms with Gasteiger partial charge in [-0.3, -0.25) is 4.98 Å². The topological polar surface area (TPSA) is 76.4 Å². The first-order valence-electron chi connectivity index (χ1n) is 10.9. The molecule has 7 nitrogen and oxygen atoms in total. The van der Waals surface area contributed by atoms with Crippen LogP contribution in [0.15, 0.2) is 71.6 Å². The van der Waals surface area contributed by atoms with Crippen LogP contribution >= 0.6 is 15.9 Å². The monoisotopic (exact) mass is 492 g/mol. The highest BCUT2D eigenvalue weighted by Gasteiger charge is 2.28. The van der Waals surface area contributed by atoms with Gasteiger partial charge in [0.15, 0.2) is 5.65 Å². The van der Waals surface area contributed by atoms with Gasteiger partial charge in [0.25, 0.3) is 0 Å². The SMILES string of the molecule is Brc1cnn2c(NCc3cccnc3)cc(N[C@H]3CCC[C@@H]3OCc3ccccc3)nc12. The summed E-state index contributed by atoms with van der Waals surface area (Å²) in [5.41, 5.74) is 3.06. The summed E-state index contributed by atoms with van der Waals surface area (Å²) in [7, 11) is 0. The Morgan fingerprint density at radius 2 is 1.94 bits per heavy atom. The quantitative estimate of drug-likeness (QED) is 0.358. The van der Waals surface area contributed by atoms with Crippen molar-refractivity contribution in [2.24, 2.45) is 0 Å². The highest BCUT2D eigenvalue weighted by atomic mass is 79.9. The van der Waals surface area contributed by atoms with E-state index in [9.17, 15) is 0 Å². The van der Waals surface area contributed by atoms with E-state index < -0.39 is 0 Å². The maximum Gasteiger partial charge on any atom is 0.173 e. The number of nitrogens with zero attached hydrogens (tertiary/aromatic N) is 4. The molecule has 0 aliphatic heterocycles. The van der Waals surface area contributed by atoms with Gasteiger partial charge in [0, 0.05) is 25.0 Å². The first-order chi connectivity index (χ1) is 15.8. The van der Waals surface area contributed by atoms with Crippen LogP contribution in [-0.2, 0) is 17.9 Å². The molecule has 1 fully saturated rings. The van der Waals surface area contributed by atoms with E-state index in [4.69, 9.17) is 9.72 Å². The number of anilines is 2. The summed E-state index contributed by atoms with van der Waals surface area (Å²) in [6.07, 6.45) is 8.81. The fourth-order valence-corrected chi connectivity index (χ4v) is 4.44. The van der Waals surface area contributed by atoms with Crippen LogP contribution in [0.25, 0.3) is 5.65 Å². The minimum Gasteiger partial charge on any atom is -0.371 e. The molecule has 1 aliphatic rings. The number of ether oxygens (including phenoxy) is 1. The van der Waals surface area contributed by atoms with Crippen molar-refractivity contribution in [1.29, 1.82) is 0 Å². The van der Waals surface area contributed by atoms with Crippen LogP contribution in [0.1, 0.15) is 30.4 Å². The molecular formula is C24H25BrN6O. The number of benzene rings is 1. The Morgan fingerprint density at radius 3 is 2.78 bits per heavy atom. The molecule has 8 heteroatoms. The fraction of sp³-hybridized carbons (Fsp3) is 0.292. The molecule has 0 saturated heterocycles. The van der Waals surface area contributed by atoms with E-state index in [2.05, 4.69) is 48.8 Å². The van der Waals surface area contributed by atoms with Crippen molar-refractivity contribution in [2.45, 2.75) is 44.6 Å². The number of rotatable bonds is 8. The van der Waals surface area contributed by atoms with Crippen LogP contribution in [0.5, 0.6) is 0 Å². The van der Waals surface area contributed by atoms with Crippen LogP contribution < -0.4 is 10.6 Å². The zero-order chi connectivity index (χ0) is 21.8. The standard InChI is InChI=1S/C24H25BrN6O/c25-19-15-28-31-23(27-14-18-8-5-11-26-13-18)12-22(30-24(19)31)29-20-9-4-10-21(20)32-16-17-6-2-1-3-7-17/h1-3,5-8,11-13,15,20-21,27H,4,9-10,14,16H2,(H,29,30)/t20-,21-/m0/s1. The number of aromatic nitrogens is 4. The maximum absolute atomic E-state index is 6.27. The first kappa shape index (κ1) is 20.9. The fourth-order valence-electron chi connectivity index (χ4n) is 4.09. The highest BCUT2D eigenvalue weighted by Crippen LogP contribution is 2.28. The average Bonchev–Trinajstić information content (AvgIpc) is 3.44. The normalized spacial score (nSPS) is 18.2. The summed E-state index contributed by atoms with van der Waals surface area (Å²) in [4.78, 5) is 8.99. The van der Waals surface area contributed by atoms with Gasteiger partial charge in [0.1, 0.15) is 11.6 Å². The summed E-state index contributed by atoms with van der Waals surface area (Å²) in [5, 5.41) is 11.6. The zero-order valence-electron chi connectivity index (χ0n) is 17.6. The van der Waals surface area contributed by atoms with Crippen LogP contribution in [0, 0.1) is 0 Å². The lowest BCUT2D eigenvalue weighted by Gasteiger charge is -2.22. The number of hydrogen-bond donors (Lipinski definition) is 2. The van der Waals surface area contributed by atoms with Crippen LogP contribution in [0.4, 0.5) is 11.6 Å². The molecule has 0 unspecified atom stereocenters. The molecule has 1 aromatic carbocycles. The Hall–Kier alpha value is -2.97. The Labute approximate surface area is 195 Å². The van der Waals surface area contributed by atoms with Gasteiger partial charge in [0.05, 0.1) is 29.4 Å². The molecule has 0 bridgehead atoms. The van der Waals surface area contributed by atoms with Crippen molar-refractivity contribution in [3.8, 4) is 0 Å². The number of halogens is 1. The molecule has 164 valence electrons. The van der Waals surface area contributed by atoms with Gasteiger partial charge in [-0.1, -0.05) is 36.4 Å². The van der Waals surface area contributed by atoms with Crippen LogP contribution in [0.3, 0.4) is 0 Å². The third-order valence-corrected chi connectivity index (χ3v) is 6.28. The lowest BCUT2D eigenvalue weighted by molar-refractivity contribution is 0.0394. The molecule has 3 heterocycles.